The number of carbonyl (C=O) groups is 1. The second-order valence-corrected chi connectivity index (χ2v) is 6.83. The van der Waals surface area contributed by atoms with E-state index in [1.807, 2.05) is 43.1 Å². The van der Waals surface area contributed by atoms with Gasteiger partial charge in [-0.25, -0.2) is 4.39 Å². The monoisotopic (exact) mass is 528 g/mol. The van der Waals surface area contributed by atoms with Crippen LogP contribution in [0.4, 0.5) is 4.39 Å². The van der Waals surface area contributed by atoms with E-state index in [4.69, 9.17) is 10.5 Å². The standard InChI is InChI=1S/C22H29FN4O2.HI/c1-4-25-22(27(2)15-17-7-11-20(29-3)12-8-17)26-14-18(21(24)28)13-16-5-9-19(23)10-6-16;/h5-12,18H,4,13-15H2,1-3H3,(H2,24,28)(H,25,26);1H. The van der Waals surface area contributed by atoms with E-state index in [-0.39, 0.29) is 36.3 Å². The maximum Gasteiger partial charge on any atom is 0.222 e. The highest BCUT2D eigenvalue weighted by atomic mass is 127. The van der Waals surface area contributed by atoms with Crippen LogP contribution in [0.2, 0.25) is 0 Å². The number of nitrogens with two attached hydrogens (primary N) is 1. The first-order valence-corrected chi connectivity index (χ1v) is 9.59. The largest absolute Gasteiger partial charge is 0.497 e. The first kappa shape index (κ1) is 25.7. The predicted octanol–water partition coefficient (Wildman–Crippen LogP) is 3.19. The van der Waals surface area contributed by atoms with E-state index in [9.17, 15) is 9.18 Å². The summed E-state index contributed by atoms with van der Waals surface area (Å²) in [6, 6.07) is 13.9. The van der Waals surface area contributed by atoms with E-state index in [2.05, 4.69) is 10.3 Å². The minimum Gasteiger partial charge on any atom is -0.497 e. The van der Waals surface area contributed by atoms with Crippen molar-refractivity contribution in [3.05, 3.63) is 65.5 Å². The van der Waals surface area contributed by atoms with Crippen LogP contribution in [-0.2, 0) is 17.8 Å². The zero-order chi connectivity index (χ0) is 21.2. The average molecular weight is 528 g/mol. The molecular weight excluding hydrogens is 498 g/mol. The Hall–Kier alpha value is -2.36. The topological polar surface area (TPSA) is 79.9 Å². The number of carbonyl (C=O) groups excluding carboxylic acids is 1. The van der Waals surface area contributed by atoms with E-state index in [0.717, 1.165) is 16.9 Å². The van der Waals surface area contributed by atoms with Gasteiger partial charge < -0.3 is 20.7 Å². The van der Waals surface area contributed by atoms with Gasteiger partial charge in [0.25, 0.3) is 0 Å². The van der Waals surface area contributed by atoms with Gasteiger partial charge in [0.05, 0.1) is 19.6 Å². The van der Waals surface area contributed by atoms with Gasteiger partial charge in [0, 0.05) is 20.1 Å². The summed E-state index contributed by atoms with van der Waals surface area (Å²) in [6.07, 6.45) is 0.417. The number of rotatable bonds is 9. The van der Waals surface area contributed by atoms with Crippen molar-refractivity contribution in [1.29, 1.82) is 0 Å². The Morgan fingerprint density at radius 1 is 1.17 bits per heavy atom. The third-order valence-electron chi connectivity index (χ3n) is 4.53. The third-order valence-corrected chi connectivity index (χ3v) is 4.53. The van der Waals surface area contributed by atoms with Crippen LogP contribution in [0.5, 0.6) is 5.75 Å². The molecule has 6 nitrogen and oxygen atoms in total. The summed E-state index contributed by atoms with van der Waals surface area (Å²) in [5.74, 6) is 0.294. The highest BCUT2D eigenvalue weighted by Gasteiger charge is 2.17. The number of halogens is 2. The fraction of sp³-hybridized carbons (Fsp3) is 0.364. The maximum atomic E-state index is 13.1. The smallest absolute Gasteiger partial charge is 0.222 e. The van der Waals surface area contributed by atoms with Gasteiger partial charge in [-0.15, -0.1) is 24.0 Å². The molecule has 0 saturated carbocycles. The highest BCUT2D eigenvalue weighted by Crippen LogP contribution is 2.13. The molecule has 1 amide bonds. The maximum absolute atomic E-state index is 13.1. The molecule has 0 aromatic heterocycles. The summed E-state index contributed by atoms with van der Waals surface area (Å²) >= 11 is 0. The highest BCUT2D eigenvalue weighted by molar-refractivity contribution is 14.0. The molecule has 0 aliphatic carbocycles. The normalized spacial score (nSPS) is 11.9. The molecule has 164 valence electrons. The fourth-order valence-electron chi connectivity index (χ4n) is 2.91. The van der Waals surface area contributed by atoms with Gasteiger partial charge in [-0.1, -0.05) is 24.3 Å². The van der Waals surface area contributed by atoms with Crippen LogP contribution in [0, 0.1) is 11.7 Å². The summed E-state index contributed by atoms with van der Waals surface area (Å²) in [4.78, 5) is 18.5. The number of guanidine groups is 1. The molecule has 1 unspecified atom stereocenters. The molecule has 0 aliphatic heterocycles. The van der Waals surface area contributed by atoms with Gasteiger partial charge in [0.15, 0.2) is 5.96 Å². The molecule has 30 heavy (non-hydrogen) atoms. The summed E-state index contributed by atoms with van der Waals surface area (Å²) < 4.78 is 18.3. The molecule has 0 radical (unpaired) electrons. The minimum atomic E-state index is -0.469. The summed E-state index contributed by atoms with van der Waals surface area (Å²) in [6.45, 7) is 3.59. The Morgan fingerprint density at radius 2 is 1.77 bits per heavy atom. The number of ether oxygens (including phenoxy) is 1. The lowest BCUT2D eigenvalue weighted by molar-refractivity contribution is -0.121. The average Bonchev–Trinajstić information content (AvgIpc) is 2.71. The molecule has 0 fully saturated rings. The number of hydrogen-bond acceptors (Lipinski definition) is 3. The van der Waals surface area contributed by atoms with Crippen molar-refractivity contribution in [2.24, 2.45) is 16.6 Å². The molecular formula is C22H30FIN4O2. The van der Waals surface area contributed by atoms with Crippen molar-refractivity contribution in [2.75, 3.05) is 27.2 Å². The van der Waals surface area contributed by atoms with Gasteiger partial charge in [0.2, 0.25) is 5.91 Å². The number of nitrogens with zero attached hydrogens (tertiary/aromatic N) is 2. The zero-order valence-corrected chi connectivity index (χ0v) is 19.9. The molecule has 0 heterocycles. The quantitative estimate of drug-likeness (QED) is 0.298. The van der Waals surface area contributed by atoms with E-state index in [1.165, 1.54) is 12.1 Å². The molecule has 8 heteroatoms. The van der Waals surface area contributed by atoms with Crippen LogP contribution in [0.1, 0.15) is 18.1 Å². The summed E-state index contributed by atoms with van der Waals surface area (Å²) in [5, 5.41) is 3.24. The Balaban J connectivity index is 0.00000450. The SMILES string of the molecule is CCNC(=NCC(Cc1ccc(F)cc1)C(N)=O)N(C)Cc1ccc(OC)cc1.I. The lowest BCUT2D eigenvalue weighted by Gasteiger charge is -2.23. The van der Waals surface area contributed by atoms with Crippen molar-refractivity contribution < 1.29 is 13.9 Å². The van der Waals surface area contributed by atoms with Gasteiger partial charge in [-0.2, -0.15) is 0 Å². The van der Waals surface area contributed by atoms with E-state index >= 15 is 0 Å². The number of primary amides is 1. The summed E-state index contributed by atoms with van der Waals surface area (Å²) in [5.41, 5.74) is 7.53. The lowest BCUT2D eigenvalue weighted by Crippen LogP contribution is -2.39. The molecule has 3 N–H and O–H groups in total. The van der Waals surface area contributed by atoms with Crippen LogP contribution < -0.4 is 15.8 Å². The molecule has 2 aromatic rings. The van der Waals surface area contributed by atoms with Crippen molar-refractivity contribution in [3.8, 4) is 5.75 Å². The second-order valence-electron chi connectivity index (χ2n) is 6.83. The third kappa shape index (κ3) is 8.17. The number of methoxy groups -OCH3 is 1. The van der Waals surface area contributed by atoms with E-state index in [0.29, 0.717) is 25.5 Å². The molecule has 2 aromatic carbocycles. The van der Waals surface area contributed by atoms with E-state index in [1.54, 1.807) is 19.2 Å². The Morgan fingerprint density at radius 3 is 2.30 bits per heavy atom. The number of nitrogens with one attached hydrogen (secondary N) is 1. The van der Waals surface area contributed by atoms with Crippen LogP contribution >= 0.6 is 24.0 Å². The van der Waals surface area contributed by atoms with Crippen LogP contribution in [0.15, 0.2) is 53.5 Å². The Kier molecular flexibility index (Phi) is 11.2. The first-order valence-electron chi connectivity index (χ1n) is 9.59. The summed E-state index contributed by atoms with van der Waals surface area (Å²) in [7, 11) is 3.57. The molecule has 0 saturated heterocycles. The van der Waals surface area contributed by atoms with Crippen molar-refractivity contribution in [1.82, 2.24) is 10.2 Å². The molecule has 2 rings (SSSR count). The number of aliphatic imine (C=N–C) groups is 1. The minimum absolute atomic E-state index is 0. The molecule has 0 aliphatic rings. The number of amides is 1. The van der Waals surface area contributed by atoms with Crippen molar-refractivity contribution in [3.63, 3.8) is 0 Å². The van der Waals surface area contributed by atoms with E-state index < -0.39 is 11.8 Å². The Labute approximate surface area is 194 Å². The Bertz CT molecular complexity index is 813. The second kappa shape index (κ2) is 13.0. The van der Waals surface area contributed by atoms with Crippen LogP contribution in [-0.4, -0.2) is 44.0 Å². The predicted molar refractivity (Wildman–Crippen MR) is 129 cm³/mol. The van der Waals surface area contributed by atoms with Gasteiger partial charge >= 0.3 is 0 Å². The van der Waals surface area contributed by atoms with Crippen LogP contribution in [0.3, 0.4) is 0 Å². The zero-order valence-electron chi connectivity index (χ0n) is 17.6. The molecule has 1 atom stereocenters. The van der Waals surface area contributed by atoms with Gasteiger partial charge in [0.1, 0.15) is 11.6 Å². The number of benzene rings is 2. The number of hydrogen-bond donors (Lipinski definition) is 2. The van der Waals surface area contributed by atoms with Crippen LogP contribution in [0.25, 0.3) is 0 Å². The first-order chi connectivity index (χ1) is 13.9. The van der Waals surface area contributed by atoms with Crippen molar-refractivity contribution >= 4 is 35.8 Å². The van der Waals surface area contributed by atoms with Gasteiger partial charge in [-0.3, -0.25) is 9.79 Å². The molecule has 0 spiro atoms. The lowest BCUT2D eigenvalue weighted by atomic mass is 9.99. The molecule has 0 bridgehead atoms. The fourth-order valence-corrected chi connectivity index (χ4v) is 2.91. The van der Waals surface area contributed by atoms with Gasteiger partial charge in [-0.05, 0) is 48.7 Å². The van der Waals surface area contributed by atoms with Crippen molar-refractivity contribution in [2.45, 2.75) is 19.9 Å².